The molecule has 3 aliphatic heterocycles. The first-order valence-electron chi connectivity index (χ1n) is 14.1. The van der Waals surface area contributed by atoms with Crippen LogP contribution in [-0.2, 0) is 11.2 Å². The predicted octanol–water partition coefficient (Wildman–Crippen LogP) is 3.95. The van der Waals surface area contributed by atoms with Gasteiger partial charge in [-0.3, -0.25) is 9.59 Å². The number of carbonyl (C=O) groups is 2. The van der Waals surface area contributed by atoms with Gasteiger partial charge in [-0.05, 0) is 61.3 Å². The zero-order chi connectivity index (χ0) is 28.5. The second-order valence-corrected chi connectivity index (χ2v) is 10.6. The third-order valence-electron chi connectivity index (χ3n) is 8.31. The number of nitrogens with zero attached hydrogens (tertiary/aromatic N) is 2. The second kappa shape index (κ2) is 13.7. The first-order chi connectivity index (χ1) is 19.4. The number of hydrogen-bond acceptors (Lipinski definition) is 7. The van der Waals surface area contributed by atoms with E-state index in [1.807, 2.05) is 40.1 Å². The molecule has 3 aliphatic rings. The molecule has 0 atom stereocenters. The van der Waals surface area contributed by atoms with Crippen LogP contribution < -0.4 is 18.9 Å². The van der Waals surface area contributed by atoms with Gasteiger partial charge in [-0.2, -0.15) is 0 Å². The van der Waals surface area contributed by atoms with E-state index in [2.05, 4.69) is 0 Å². The van der Waals surface area contributed by atoms with Crippen molar-refractivity contribution in [2.24, 2.45) is 5.41 Å². The van der Waals surface area contributed by atoms with Crippen LogP contribution in [0.1, 0.15) is 54.4 Å². The van der Waals surface area contributed by atoms with E-state index in [1.165, 1.54) is 0 Å². The number of piperidine rings is 1. The number of fused-ring (bicyclic) bond motifs is 9. The topological polar surface area (TPSA) is 97.8 Å². The molecule has 1 saturated heterocycles. The van der Waals surface area contributed by atoms with Crippen LogP contribution in [0.3, 0.4) is 0 Å². The minimum atomic E-state index is -0.175. The molecule has 0 spiro atoms. The summed E-state index contributed by atoms with van der Waals surface area (Å²) in [6, 6.07) is 11.0. The van der Waals surface area contributed by atoms with Crippen molar-refractivity contribution in [3.05, 3.63) is 47.5 Å². The highest BCUT2D eigenvalue weighted by Gasteiger charge is 2.36. The molecule has 0 aromatic heterocycles. The van der Waals surface area contributed by atoms with Crippen molar-refractivity contribution in [2.45, 2.75) is 44.9 Å². The van der Waals surface area contributed by atoms with Crippen molar-refractivity contribution < 1.29 is 33.6 Å². The van der Waals surface area contributed by atoms with Gasteiger partial charge in [0.15, 0.2) is 11.5 Å². The number of benzene rings is 2. The van der Waals surface area contributed by atoms with Gasteiger partial charge in [-0.15, -0.1) is 0 Å². The monoisotopic (exact) mass is 554 g/mol. The molecule has 2 amide bonds. The molecule has 9 heteroatoms. The number of aliphatic hydroxyl groups excluding tert-OH is 1. The predicted molar refractivity (Wildman–Crippen MR) is 151 cm³/mol. The third kappa shape index (κ3) is 6.63. The summed E-state index contributed by atoms with van der Waals surface area (Å²) < 4.78 is 22.6. The van der Waals surface area contributed by atoms with E-state index in [4.69, 9.17) is 18.9 Å². The number of aliphatic hydroxyl groups is 1. The van der Waals surface area contributed by atoms with Crippen molar-refractivity contribution >= 4 is 11.8 Å². The lowest BCUT2D eigenvalue weighted by Crippen LogP contribution is -2.44. The van der Waals surface area contributed by atoms with Crippen LogP contribution in [0.2, 0.25) is 0 Å². The molecule has 9 nitrogen and oxygen atoms in total. The maximum Gasteiger partial charge on any atom is 0.257 e. The van der Waals surface area contributed by atoms with Crippen LogP contribution >= 0.6 is 0 Å². The van der Waals surface area contributed by atoms with Crippen molar-refractivity contribution in [1.29, 1.82) is 0 Å². The molecule has 2 bridgehead atoms. The first-order valence-corrected chi connectivity index (χ1v) is 14.1. The molecule has 2 aromatic rings. The molecule has 0 saturated carbocycles. The van der Waals surface area contributed by atoms with E-state index in [0.717, 1.165) is 37.7 Å². The summed E-state index contributed by atoms with van der Waals surface area (Å²) in [4.78, 5) is 30.5. The minimum Gasteiger partial charge on any atom is -0.493 e. The van der Waals surface area contributed by atoms with Gasteiger partial charge >= 0.3 is 0 Å². The average Bonchev–Trinajstić information content (AvgIpc) is 3.00. The van der Waals surface area contributed by atoms with E-state index in [-0.39, 0.29) is 30.4 Å². The van der Waals surface area contributed by atoms with Crippen molar-refractivity contribution in [3.8, 4) is 23.0 Å². The minimum absolute atomic E-state index is 0.0260. The van der Waals surface area contributed by atoms with Gasteiger partial charge in [0.05, 0.1) is 33.4 Å². The van der Waals surface area contributed by atoms with Gasteiger partial charge in [0.2, 0.25) is 11.7 Å². The van der Waals surface area contributed by atoms with Crippen LogP contribution in [0.4, 0.5) is 0 Å². The molecule has 1 N–H and O–H groups in total. The number of methoxy groups -OCH3 is 3. The van der Waals surface area contributed by atoms with Gasteiger partial charge < -0.3 is 33.9 Å². The lowest BCUT2D eigenvalue weighted by atomic mass is 9.75. The first kappa shape index (κ1) is 29.5. The lowest BCUT2D eigenvalue weighted by molar-refractivity contribution is -0.131. The molecular formula is C31H42N2O7. The fraction of sp³-hybridized carbons (Fsp3) is 0.548. The van der Waals surface area contributed by atoms with E-state index in [9.17, 15) is 14.7 Å². The average molecular weight is 555 g/mol. The highest BCUT2D eigenvalue weighted by atomic mass is 16.5. The standard InChI is InChI=1S/C31H42N2O7/c1-37-26-12-10-23(28(38-2)29(26)39-3)11-13-27(35)32-17-7-6-14-31(22-34)15-18-33(19-16-31)30(36)24-8-4-5-9-25(24)40-21-20-32/h4-5,8-10,12,34H,6-7,11,13-22H2,1-3H3. The number of carbonyl (C=O) groups excluding carboxylic acids is 2. The molecular weight excluding hydrogens is 512 g/mol. The summed E-state index contributed by atoms with van der Waals surface area (Å²) in [6.07, 6.45) is 4.96. The largest absolute Gasteiger partial charge is 0.493 e. The summed E-state index contributed by atoms with van der Waals surface area (Å²) >= 11 is 0. The van der Waals surface area contributed by atoms with E-state index in [0.29, 0.717) is 67.6 Å². The Hall–Kier alpha value is -3.46. The summed E-state index contributed by atoms with van der Waals surface area (Å²) in [5.74, 6) is 2.16. The smallest absolute Gasteiger partial charge is 0.257 e. The Morgan fingerprint density at radius 2 is 1.68 bits per heavy atom. The summed E-state index contributed by atoms with van der Waals surface area (Å²) in [5.41, 5.74) is 1.23. The van der Waals surface area contributed by atoms with E-state index in [1.54, 1.807) is 27.4 Å². The van der Waals surface area contributed by atoms with Crippen molar-refractivity contribution in [1.82, 2.24) is 9.80 Å². The molecule has 0 radical (unpaired) electrons. The van der Waals surface area contributed by atoms with Gasteiger partial charge in [0, 0.05) is 32.7 Å². The van der Waals surface area contributed by atoms with Gasteiger partial charge in [-0.25, -0.2) is 0 Å². The number of hydrogen-bond donors (Lipinski definition) is 1. The lowest BCUT2D eigenvalue weighted by Gasteiger charge is -2.41. The Balaban J connectivity index is 1.49. The Bertz CT molecular complexity index is 1160. The van der Waals surface area contributed by atoms with Crippen LogP contribution in [-0.4, -0.2) is 87.4 Å². The van der Waals surface area contributed by atoms with Crippen molar-refractivity contribution in [2.75, 3.05) is 60.7 Å². The quantitative estimate of drug-likeness (QED) is 0.554. The summed E-state index contributed by atoms with van der Waals surface area (Å²) in [5, 5.41) is 10.3. The Morgan fingerprint density at radius 3 is 2.38 bits per heavy atom. The van der Waals surface area contributed by atoms with Gasteiger partial charge in [-0.1, -0.05) is 24.6 Å². The third-order valence-corrected chi connectivity index (χ3v) is 8.31. The number of ether oxygens (including phenoxy) is 4. The van der Waals surface area contributed by atoms with Crippen LogP contribution in [0, 0.1) is 5.41 Å². The summed E-state index contributed by atoms with van der Waals surface area (Å²) in [7, 11) is 4.72. The molecule has 40 heavy (non-hydrogen) atoms. The van der Waals surface area contributed by atoms with E-state index < -0.39 is 0 Å². The molecule has 3 heterocycles. The van der Waals surface area contributed by atoms with Crippen LogP contribution in [0.5, 0.6) is 23.0 Å². The Labute approximate surface area is 237 Å². The summed E-state index contributed by atoms with van der Waals surface area (Å²) in [6.45, 7) is 2.68. The number of rotatable bonds is 7. The number of para-hydroxylation sites is 1. The van der Waals surface area contributed by atoms with Gasteiger partial charge in [0.25, 0.3) is 5.91 Å². The number of amides is 2. The fourth-order valence-electron chi connectivity index (χ4n) is 5.80. The Kier molecular flexibility index (Phi) is 10.1. The molecule has 1 fully saturated rings. The Morgan fingerprint density at radius 1 is 0.925 bits per heavy atom. The highest BCUT2D eigenvalue weighted by molar-refractivity contribution is 5.97. The second-order valence-electron chi connectivity index (χ2n) is 10.6. The highest BCUT2D eigenvalue weighted by Crippen LogP contribution is 2.40. The maximum atomic E-state index is 13.5. The normalized spacial score (nSPS) is 17.8. The number of aryl methyl sites for hydroxylation is 1. The molecule has 0 aliphatic carbocycles. The van der Waals surface area contributed by atoms with Crippen LogP contribution in [0.25, 0.3) is 0 Å². The van der Waals surface area contributed by atoms with Crippen LogP contribution in [0.15, 0.2) is 36.4 Å². The molecule has 5 rings (SSSR count). The molecule has 2 aromatic carbocycles. The zero-order valence-corrected chi connectivity index (χ0v) is 23.9. The molecule has 0 unspecified atom stereocenters. The zero-order valence-electron chi connectivity index (χ0n) is 23.9. The molecule has 218 valence electrons. The van der Waals surface area contributed by atoms with Gasteiger partial charge in [0.1, 0.15) is 12.4 Å². The fourth-order valence-corrected chi connectivity index (χ4v) is 5.80. The van der Waals surface area contributed by atoms with Crippen molar-refractivity contribution in [3.63, 3.8) is 0 Å². The van der Waals surface area contributed by atoms with E-state index >= 15 is 0 Å². The maximum absolute atomic E-state index is 13.5. The SMILES string of the molecule is COc1ccc(CCC(=O)N2CCCCC3(CO)CCN(CC3)C(=O)c3ccccc3OCC2)c(OC)c1OC.